The smallest absolute Gasteiger partial charge is 0.270 e. The Balaban J connectivity index is 1.84. The van der Waals surface area contributed by atoms with Crippen molar-refractivity contribution in [1.29, 1.82) is 0 Å². The summed E-state index contributed by atoms with van der Waals surface area (Å²) < 4.78 is 5.33. The fourth-order valence-electron chi connectivity index (χ4n) is 2.25. The zero-order chi connectivity index (χ0) is 16.0. The molecule has 1 aliphatic heterocycles. The van der Waals surface area contributed by atoms with Gasteiger partial charge in [-0.2, -0.15) is 0 Å². The molecule has 22 heavy (non-hydrogen) atoms. The van der Waals surface area contributed by atoms with E-state index in [4.69, 9.17) is 4.74 Å². The lowest BCUT2D eigenvalue weighted by Crippen LogP contribution is -2.41. The molecule has 0 atom stereocenters. The summed E-state index contributed by atoms with van der Waals surface area (Å²) in [6.45, 7) is 11.3. The Hall–Kier alpha value is -1.66. The summed E-state index contributed by atoms with van der Waals surface area (Å²) in [5, 5.41) is 6.27. The average Bonchev–Trinajstić information content (AvgIpc) is 2.47. The zero-order valence-electron chi connectivity index (χ0n) is 13.7. The van der Waals surface area contributed by atoms with Crippen molar-refractivity contribution in [2.24, 2.45) is 0 Å². The molecular weight excluding hydrogens is 280 g/mol. The number of anilines is 1. The fourth-order valence-corrected chi connectivity index (χ4v) is 2.25. The second-order valence-corrected chi connectivity index (χ2v) is 6.51. The van der Waals surface area contributed by atoms with Gasteiger partial charge in [0.05, 0.1) is 13.2 Å². The summed E-state index contributed by atoms with van der Waals surface area (Å²) in [6, 6.07) is 3.67. The number of nitrogens with one attached hydrogen (secondary N) is 2. The third-order valence-corrected chi connectivity index (χ3v) is 3.34. The number of pyridine rings is 1. The van der Waals surface area contributed by atoms with Crippen molar-refractivity contribution in [2.45, 2.75) is 26.3 Å². The van der Waals surface area contributed by atoms with Gasteiger partial charge in [0, 0.05) is 43.6 Å². The molecule has 6 nitrogen and oxygen atoms in total. The molecule has 1 aliphatic rings. The van der Waals surface area contributed by atoms with Crippen LogP contribution < -0.4 is 10.6 Å². The van der Waals surface area contributed by atoms with Crippen molar-refractivity contribution in [1.82, 2.24) is 15.2 Å². The summed E-state index contributed by atoms with van der Waals surface area (Å²) in [7, 11) is 0. The molecule has 2 rings (SSSR count). The van der Waals surface area contributed by atoms with Crippen molar-refractivity contribution < 1.29 is 9.53 Å². The van der Waals surface area contributed by atoms with Crippen LogP contribution >= 0.6 is 0 Å². The minimum absolute atomic E-state index is 0.149. The summed E-state index contributed by atoms with van der Waals surface area (Å²) in [4.78, 5) is 18.6. The summed E-state index contributed by atoms with van der Waals surface area (Å²) >= 11 is 0. The highest BCUT2D eigenvalue weighted by molar-refractivity contribution is 5.93. The predicted octanol–water partition coefficient (Wildman–Crippen LogP) is 1.35. The van der Waals surface area contributed by atoms with Crippen molar-refractivity contribution in [2.75, 3.05) is 44.7 Å². The third kappa shape index (κ3) is 5.61. The first-order valence-electron chi connectivity index (χ1n) is 7.76. The van der Waals surface area contributed by atoms with Crippen LogP contribution in [0.5, 0.6) is 0 Å². The first-order chi connectivity index (χ1) is 10.4. The minimum Gasteiger partial charge on any atom is -0.384 e. The molecule has 6 heteroatoms. The molecule has 0 saturated carbocycles. The fraction of sp³-hybridized carbons (Fsp3) is 0.625. The van der Waals surface area contributed by atoms with Gasteiger partial charge in [-0.15, -0.1) is 0 Å². The number of nitrogens with zero attached hydrogens (tertiary/aromatic N) is 2. The summed E-state index contributed by atoms with van der Waals surface area (Å²) in [5.74, 6) is -0.149. The van der Waals surface area contributed by atoms with Crippen LogP contribution in [0.3, 0.4) is 0 Å². The minimum atomic E-state index is -0.265. The maximum Gasteiger partial charge on any atom is 0.270 e. The van der Waals surface area contributed by atoms with E-state index in [0.29, 0.717) is 5.69 Å². The molecule has 1 fully saturated rings. The number of carbonyl (C=O) groups is 1. The number of carbonyl (C=O) groups excluding carboxylic acids is 1. The van der Waals surface area contributed by atoms with Crippen LogP contribution in [-0.2, 0) is 4.74 Å². The zero-order valence-corrected chi connectivity index (χ0v) is 13.7. The van der Waals surface area contributed by atoms with Crippen LogP contribution in [0.4, 0.5) is 5.69 Å². The Labute approximate surface area is 132 Å². The Bertz CT molecular complexity index is 493. The second-order valence-electron chi connectivity index (χ2n) is 6.51. The molecule has 0 unspecified atom stereocenters. The van der Waals surface area contributed by atoms with Gasteiger partial charge in [0.1, 0.15) is 5.69 Å². The Morgan fingerprint density at radius 3 is 2.77 bits per heavy atom. The van der Waals surface area contributed by atoms with Crippen molar-refractivity contribution in [3.63, 3.8) is 0 Å². The molecule has 0 aromatic carbocycles. The second kappa shape index (κ2) is 7.56. The number of amides is 1. The van der Waals surface area contributed by atoms with Gasteiger partial charge in [-0.05, 0) is 32.9 Å². The number of hydrogen-bond acceptors (Lipinski definition) is 5. The maximum absolute atomic E-state index is 12.1. The molecule has 0 bridgehead atoms. The van der Waals surface area contributed by atoms with Crippen LogP contribution in [0.2, 0.25) is 0 Å². The molecule has 2 N–H and O–H groups in total. The lowest BCUT2D eigenvalue weighted by atomic mass is 10.1. The van der Waals surface area contributed by atoms with Crippen molar-refractivity contribution >= 4 is 11.6 Å². The highest BCUT2D eigenvalue weighted by atomic mass is 16.5. The number of hydrogen-bond donors (Lipinski definition) is 2. The van der Waals surface area contributed by atoms with E-state index in [1.54, 1.807) is 12.3 Å². The average molecular weight is 306 g/mol. The van der Waals surface area contributed by atoms with E-state index in [-0.39, 0.29) is 11.4 Å². The first-order valence-corrected chi connectivity index (χ1v) is 7.76. The standard InChI is InChI=1S/C16H26N4O2/c1-16(2,3)19-15(21)14-12-13(4-5-18-14)17-6-7-20-8-10-22-11-9-20/h4-5,12H,6-11H2,1-3H3,(H,17,18)(H,19,21). The normalized spacial score (nSPS) is 16.3. The lowest BCUT2D eigenvalue weighted by Gasteiger charge is -2.26. The quantitative estimate of drug-likeness (QED) is 0.860. The highest BCUT2D eigenvalue weighted by Gasteiger charge is 2.16. The van der Waals surface area contributed by atoms with Crippen LogP contribution in [0, 0.1) is 0 Å². The van der Waals surface area contributed by atoms with Crippen molar-refractivity contribution in [3.8, 4) is 0 Å². The summed E-state index contributed by atoms with van der Waals surface area (Å²) in [6.07, 6.45) is 1.66. The van der Waals surface area contributed by atoms with E-state index in [1.165, 1.54) is 0 Å². The van der Waals surface area contributed by atoms with Gasteiger partial charge in [0.15, 0.2) is 0 Å². The van der Waals surface area contributed by atoms with E-state index >= 15 is 0 Å². The van der Waals surface area contributed by atoms with Gasteiger partial charge in [0.25, 0.3) is 5.91 Å². The molecule has 1 aromatic rings. The molecular formula is C16H26N4O2. The molecule has 1 aromatic heterocycles. The Kier molecular flexibility index (Phi) is 5.74. The van der Waals surface area contributed by atoms with E-state index in [2.05, 4.69) is 20.5 Å². The molecule has 1 saturated heterocycles. The highest BCUT2D eigenvalue weighted by Crippen LogP contribution is 2.09. The SMILES string of the molecule is CC(C)(C)NC(=O)c1cc(NCCN2CCOCC2)ccn1. The van der Waals surface area contributed by atoms with Crippen LogP contribution in [0.1, 0.15) is 31.3 Å². The van der Waals surface area contributed by atoms with E-state index in [9.17, 15) is 4.79 Å². The third-order valence-electron chi connectivity index (χ3n) is 3.34. The number of rotatable bonds is 5. The van der Waals surface area contributed by atoms with Gasteiger partial charge in [-0.3, -0.25) is 14.7 Å². The van der Waals surface area contributed by atoms with Gasteiger partial charge >= 0.3 is 0 Å². The van der Waals surface area contributed by atoms with Crippen LogP contribution in [0.15, 0.2) is 18.3 Å². The number of morpholine rings is 1. The Morgan fingerprint density at radius 2 is 2.09 bits per heavy atom. The lowest BCUT2D eigenvalue weighted by molar-refractivity contribution is 0.0398. The van der Waals surface area contributed by atoms with Gasteiger partial charge < -0.3 is 15.4 Å². The largest absolute Gasteiger partial charge is 0.384 e. The topological polar surface area (TPSA) is 66.5 Å². The van der Waals surface area contributed by atoms with Crippen molar-refractivity contribution in [3.05, 3.63) is 24.0 Å². The maximum atomic E-state index is 12.1. The van der Waals surface area contributed by atoms with Gasteiger partial charge in [-0.1, -0.05) is 0 Å². The summed E-state index contributed by atoms with van der Waals surface area (Å²) in [5.41, 5.74) is 1.09. The first kappa shape index (κ1) is 16.7. The molecule has 2 heterocycles. The number of aromatic nitrogens is 1. The van der Waals surface area contributed by atoms with Gasteiger partial charge in [0.2, 0.25) is 0 Å². The molecule has 0 spiro atoms. The van der Waals surface area contributed by atoms with Gasteiger partial charge in [-0.25, -0.2) is 0 Å². The van der Waals surface area contributed by atoms with E-state index < -0.39 is 0 Å². The van der Waals surface area contributed by atoms with E-state index in [1.807, 2.05) is 26.8 Å². The van der Waals surface area contributed by atoms with E-state index in [0.717, 1.165) is 45.1 Å². The number of ether oxygens (including phenoxy) is 1. The van der Waals surface area contributed by atoms with Crippen LogP contribution in [-0.4, -0.2) is 60.7 Å². The molecule has 0 aliphatic carbocycles. The molecule has 1 amide bonds. The Morgan fingerprint density at radius 1 is 1.36 bits per heavy atom. The predicted molar refractivity (Wildman–Crippen MR) is 87.2 cm³/mol. The van der Waals surface area contributed by atoms with Crippen LogP contribution in [0.25, 0.3) is 0 Å². The molecule has 0 radical (unpaired) electrons. The monoisotopic (exact) mass is 306 g/mol. The molecule has 122 valence electrons.